The lowest BCUT2D eigenvalue weighted by Gasteiger charge is -2.46. The molecular weight excluding hydrogens is 389 g/mol. The molecule has 0 spiro atoms. The maximum absolute atomic E-state index is 13.7. The Kier molecular flexibility index (Phi) is 3.65. The first kappa shape index (κ1) is 17.4. The van der Waals surface area contributed by atoms with Crippen LogP contribution in [0.1, 0.15) is 31.7 Å². The Hall–Kier alpha value is -3.43. The van der Waals surface area contributed by atoms with Gasteiger partial charge in [-0.15, -0.1) is 5.10 Å². The summed E-state index contributed by atoms with van der Waals surface area (Å²) in [6, 6.07) is 1.11. The number of rotatable bonds is 3. The number of H-pyrrole nitrogens is 1. The Balaban J connectivity index is 1.50. The number of nitrogens with zero attached hydrogens (tertiary/aromatic N) is 6. The summed E-state index contributed by atoms with van der Waals surface area (Å²) in [4.78, 5) is 28.2. The van der Waals surface area contributed by atoms with Gasteiger partial charge in [0.25, 0.3) is 0 Å². The lowest BCUT2D eigenvalue weighted by atomic mass is 9.61. The molecule has 4 aromatic heterocycles. The van der Waals surface area contributed by atoms with Gasteiger partial charge in [-0.2, -0.15) is 0 Å². The second kappa shape index (κ2) is 6.28. The number of nitrogens with one attached hydrogen (secondary N) is 1. The summed E-state index contributed by atoms with van der Waals surface area (Å²) in [5.74, 6) is -0.944. The molecule has 4 aromatic rings. The van der Waals surface area contributed by atoms with Crippen molar-refractivity contribution in [3.8, 4) is 11.4 Å². The van der Waals surface area contributed by atoms with Gasteiger partial charge in [-0.25, -0.2) is 24.0 Å². The molecule has 0 saturated heterocycles. The third-order valence-electron chi connectivity index (χ3n) is 6.70. The van der Waals surface area contributed by atoms with Gasteiger partial charge in [-0.05, 0) is 43.6 Å². The van der Waals surface area contributed by atoms with Crippen LogP contribution >= 0.6 is 0 Å². The molecule has 10 heteroatoms. The van der Waals surface area contributed by atoms with Crippen molar-refractivity contribution < 1.29 is 14.3 Å². The van der Waals surface area contributed by atoms with E-state index in [-0.39, 0.29) is 17.9 Å². The number of carboxylic acid groups (broad SMARTS) is 1. The van der Waals surface area contributed by atoms with Gasteiger partial charge in [0.1, 0.15) is 11.5 Å². The molecule has 3 saturated carbocycles. The number of carbonyl (C=O) groups is 1. The number of fused-ring (bicyclic) bond motifs is 5. The van der Waals surface area contributed by atoms with E-state index in [0.717, 1.165) is 31.9 Å². The Morgan fingerprint density at radius 3 is 2.77 bits per heavy atom. The zero-order chi connectivity index (χ0) is 20.4. The summed E-state index contributed by atoms with van der Waals surface area (Å²) in [6.45, 7) is 0. The SMILES string of the molecule is O=C(O)[C@@H]1C2CCC(CC2)[C@H]1n1nnc2cnc(-c3c[nH]c4ncc(F)cc34)nc21. The van der Waals surface area contributed by atoms with E-state index in [1.807, 2.05) is 0 Å². The molecule has 30 heavy (non-hydrogen) atoms. The van der Waals surface area contributed by atoms with E-state index in [2.05, 4.69) is 30.2 Å². The van der Waals surface area contributed by atoms with Crippen LogP contribution in [0.15, 0.2) is 24.7 Å². The molecule has 152 valence electrons. The summed E-state index contributed by atoms with van der Waals surface area (Å²) in [7, 11) is 0. The fourth-order valence-corrected chi connectivity index (χ4v) is 5.36. The van der Waals surface area contributed by atoms with E-state index in [0.29, 0.717) is 33.6 Å². The van der Waals surface area contributed by atoms with Crippen LogP contribution < -0.4 is 0 Å². The van der Waals surface area contributed by atoms with Crippen molar-refractivity contribution in [2.24, 2.45) is 17.8 Å². The number of hydrogen-bond acceptors (Lipinski definition) is 6. The minimum atomic E-state index is -0.787. The highest BCUT2D eigenvalue weighted by atomic mass is 19.1. The first-order chi connectivity index (χ1) is 14.6. The maximum atomic E-state index is 13.7. The van der Waals surface area contributed by atoms with E-state index in [1.54, 1.807) is 17.1 Å². The Morgan fingerprint density at radius 2 is 1.97 bits per heavy atom. The minimum Gasteiger partial charge on any atom is -0.481 e. The molecular formula is C20H18FN7O2. The lowest BCUT2D eigenvalue weighted by Crippen LogP contribution is -2.45. The number of halogens is 1. The molecule has 3 aliphatic carbocycles. The third kappa shape index (κ3) is 2.45. The molecule has 3 aliphatic rings. The fourth-order valence-electron chi connectivity index (χ4n) is 5.36. The number of hydrogen-bond donors (Lipinski definition) is 2. The van der Waals surface area contributed by atoms with Crippen LogP contribution in [-0.4, -0.2) is 46.0 Å². The molecule has 0 radical (unpaired) electrons. The number of pyridine rings is 1. The second-order valence-electron chi connectivity index (χ2n) is 8.22. The molecule has 0 aliphatic heterocycles. The van der Waals surface area contributed by atoms with E-state index >= 15 is 0 Å². The van der Waals surface area contributed by atoms with Crippen LogP contribution in [0.5, 0.6) is 0 Å². The van der Waals surface area contributed by atoms with Crippen LogP contribution in [0.2, 0.25) is 0 Å². The first-order valence-corrected chi connectivity index (χ1v) is 10.0. The van der Waals surface area contributed by atoms with Gasteiger partial charge in [0, 0.05) is 17.1 Å². The van der Waals surface area contributed by atoms with Crippen LogP contribution in [0.4, 0.5) is 4.39 Å². The molecule has 2 bridgehead atoms. The van der Waals surface area contributed by atoms with E-state index < -0.39 is 17.7 Å². The van der Waals surface area contributed by atoms with Crippen molar-refractivity contribution in [1.29, 1.82) is 0 Å². The Labute approximate surface area is 169 Å². The third-order valence-corrected chi connectivity index (χ3v) is 6.70. The van der Waals surface area contributed by atoms with Crippen molar-refractivity contribution in [3.63, 3.8) is 0 Å². The molecule has 0 unspecified atom stereocenters. The van der Waals surface area contributed by atoms with E-state index in [9.17, 15) is 14.3 Å². The quantitative estimate of drug-likeness (QED) is 0.535. The first-order valence-electron chi connectivity index (χ1n) is 10.0. The lowest BCUT2D eigenvalue weighted by molar-refractivity contribution is -0.151. The standard InChI is InChI=1S/C20H18FN7O2/c21-11-5-12-13(7-23-17(12)22-6-11)18-24-8-14-19(25-18)28(27-26-14)16-10-3-1-9(2-4-10)15(16)20(29)30/h5-10,15-16H,1-4H2,(H,22,23)(H,29,30)/t9?,10?,15-,16-/m1/s1. The molecule has 2 atom stereocenters. The molecule has 0 aromatic carbocycles. The van der Waals surface area contributed by atoms with Crippen molar-refractivity contribution in [3.05, 3.63) is 30.5 Å². The summed E-state index contributed by atoms with van der Waals surface area (Å²) in [5, 5.41) is 19.0. The van der Waals surface area contributed by atoms with E-state index in [4.69, 9.17) is 0 Å². The van der Waals surface area contributed by atoms with Crippen LogP contribution in [0.25, 0.3) is 33.6 Å². The fraction of sp³-hybridized carbons (Fsp3) is 0.400. The number of aromatic nitrogens is 7. The predicted molar refractivity (Wildman–Crippen MR) is 104 cm³/mol. The number of carboxylic acids is 1. The summed E-state index contributed by atoms with van der Waals surface area (Å²) in [5.41, 5.74) is 2.17. The predicted octanol–water partition coefficient (Wildman–Crippen LogP) is 2.97. The molecule has 2 N–H and O–H groups in total. The average Bonchev–Trinajstić information content (AvgIpc) is 3.37. The Bertz CT molecular complexity index is 1290. The molecule has 9 nitrogen and oxygen atoms in total. The second-order valence-corrected chi connectivity index (χ2v) is 8.22. The minimum absolute atomic E-state index is 0.153. The molecule has 3 fully saturated rings. The van der Waals surface area contributed by atoms with E-state index in [1.165, 1.54) is 6.07 Å². The highest BCUT2D eigenvalue weighted by Crippen LogP contribution is 2.51. The average molecular weight is 407 g/mol. The van der Waals surface area contributed by atoms with Crippen LogP contribution in [-0.2, 0) is 4.79 Å². The van der Waals surface area contributed by atoms with Gasteiger partial charge in [0.15, 0.2) is 17.0 Å². The van der Waals surface area contributed by atoms with Crippen molar-refractivity contribution in [2.75, 3.05) is 0 Å². The smallest absolute Gasteiger partial charge is 0.308 e. The van der Waals surface area contributed by atoms with Crippen molar-refractivity contribution >= 4 is 28.2 Å². The summed E-state index contributed by atoms with van der Waals surface area (Å²) in [6.07, 6.45) is 8.28. The van der Waals surface area contributed by atoms with Gasteiger partial charge in [-0.3, -0.25) is 4.79 Å². The zero-order valence-electron chi connectivity index (χ0n) is 15.9. The summed E-state index contributed by atoms with van der Waals surface area (Å²) < 4.78 is 15.4. The molecule has 7 rings (SSSR count). The highest BCUT2D eigenvalue weighted by molar-refractivity contribution is 5.92. The monoisotopic (exact) mass is 407 g/mol. The van der Waals surface area contributed by atoms with Crippen molar-refractivity contribution in [2.45, 2.75) is 31.7 Å². The maximum Gasteiger partial charge on any atom is 0.308 e. The van der Waals surface area contributed by atoms with Gasteiger partial charge >= 0.3 is 5.97 Å². The normalized spacial score (nSPS) is 25.9. The van der Waals surface area contributed by atoms with Gasteiger partial charge in [0.2, 0.25) is 0 Å². The van der Waals surface area contributed by atoms with Gasteiger partial charge in [-0.1, -0.05) is 5.21 Å². The highest BCUT2D eigenvalue weighted by Gasteiger charge is 2.49. The largest absolute Gasteiger partial charge is 0.481 e. The van der Waals surface area contributed by atoms with Gasteiger partial charge in [0.05, 0.1) is 24.4 Å². The van der Waals surface area contributed by atoms with Crippen LogP contribution in [0.3, 0.4) is 0 Å². The number of aromatic amines is 1. The van der Waals surface area contributed by atoms with Crippen molar-refractivity contribution in [1.82, 2.24) is 34.9 Å². The van der Waals surface area contributed by atoms with Gasteiger partial charge < -0.3 is 10.1 Å². The summed E-state index contributed by atoms with van der Waals surface area (Å²) >= 11 is 0. The van der Waals surface area contributed by atoms with Crippen LogP contribution in [0, 0.1) is 23.6 Å². The topological polar surface area (TPSA) is 122 Å². The molecule has 0 amide bonds. The zero-order valence-corrected chi connectivity index (χ0v) is 15.9. The molecule has 4 heterocycles. The number of aliphatic carboxylic acids is 1. The Morgan fingerprint density at radius 1 is 1.17 bits per heavy atom.